The van der Waals surface area contributed by atoms with E-state index >= 15 is 0 Å². The van der Waals surface area contributed by atoms with Gasteiger partial charge in [-0.3, -0.25) is 0 Å². The molecule has 1 rings (SSSR count). The first-order valence-electron chi connectivity index (χ1n) is 8.40. The minimum absolute atomic E-state index is 0.343. The van der Waals surface area contributed by atoms with E-state index in [-0.39, 0.29) is 0 Å². The Balaban J connectivity index is 2.63. The van der Waals surface area contributed by atoms with Crippen LogP contribution in [0.5, 0.6) is 11.5 Å². The molecule has 0 radical (unpaired) electrons. The van der Waals surface area contributed by atoms with Crippen molar-refractivity contribution in [1.29, 1.82) is 0 Å². The van der Waals surface area contributed by atoms with Crippen molar-refractivity contribution in [3.8, 4) is 11.5 Å². The summed E-state index contributed by atoms with van der Waals surface area (Å²) in [4.78, 5) is 0. The standard InChI is InChI=1S/C19H32O2/c1-6-7-8-9-10-13(2)11-12-17-16(5)18(20)14(3)15(4)19(17)21/h13,20-21H,6-12H2,1-5H3. The molecule has 0 aliphatic heterocycles. The fourth-order valence-electron chi connectivity index (χ4n) is 2.94. The lowest BCUT2D eigenvalue weighted by molar-refractivity contribution is 0.429. The lowest BCUT2D eigenvalue weighted by atomic mass is 9.90. The van der Waals surface area contributed by atoms with Crippen LogP contribution in [0.1, 0.15) is 74.6 Å². The smallest absolute Gasteiger partial charge is 0.122 e. The number of phenolic OH excluding ortho intramolecular Hbond substituents is 2. The molecule has 1 atom stereocenters. The van der Waals surface area contributed by atoms with Crippen molar-refractivity contribution in [2.75, 3.05) is 0 Å². The fraction of sp³-hybridized carbons (Fsp3) is 0.684. The molecule has 21 heavy (non-hydrogen) atoms. The molecule has 1 unspecified atom stereocenters. The van der Waals surface area contributed by atoms with Crippen LogP contribution >= 0.6 is 0 Å². The van der Waals surface area contributed by atoms with Crippen LogP contribution in [0.25, 0.3) is 0 Å². The summed E-state index contributed by atoms with van der Waals surface area (Å²) in [5.74, 6) is 1.39. The normalized spacial score (nSPS) is 12.6. The quantitative estimate of drug-likeness (QED) is 0.486. The Bertz CT molecular complexity index is 434. The van der Waals surface area contributed by atoms with Crippen LogP contribution in [0.3, 0.4) is 0 Å². The zero-order valence-corrected chi connectivity index (χ0v) is 14.4. The number of phenols is 2. The van der Waals surface area contributed by atoms with Gasteiger partial charge in [-0.1, -0.05) is 46.0 Å². The predicted molar refractivity (Wildman–Crippen MR) is 90.2 cm³/mol. The molecule has 0 aliphatic rings. The molecule has 2 heteroatoms. The van der Waals surface area contributed by atoms with Gasteiger partial charge < -0.3 is 10.2 Å². The van der Waals surface area contributed by atoms with Gasteiger partial charge in [-0.15, -0.1) is 0 Å². The highest BCUT2D eigenvalue weighted by atomic mass is 16.3. The number of benzene rings is 1. The molecule has 2 N–H and O–H groups in total. The Hall–Kier alpha value is -1.18. The SMILES string of the molecule is CCCCCCC(C)CCc1c(C)c(O)c(C)c(C)c1O. The highest BCUT2D eigenvalue weighted by Crippen LogP contribution is 2.37. The molecular formula is C19H32O2. The van der Waals surface area contributed by atoms with Crippen LogP contribution in [0.2, 0.25) is 0 Å². The molecule has 0 bridgehead atoms. The molecule has 0 saturated carbocycles. The zero-order valence-electron chi connectivity index (χ0n) is 14.4. The molecule has 120 valence electrons. The van der Waals surface area contributed by atoms with Crippen molar-refractivity contribution in [3.63, 3.8) is 0 Å². The third-order valence-corrected chi connectivity index (χ3v) is 4.80. The van der Waals surface area contributed by atoms with Gasteiger partial charge in [0.05, 0.1) is 0 Å². The van der Waals surface area contributed by atoms with Gasteiger partial charge in [0, 0.05) is 5.56 Å². The molecule has 0 heterocycles. The van der Waals surface area contributed by atoms with Crippen molar-refractivity contribution in [3.05, 3.63) is 22.3 Å². The van der Waals surface area contributed by atoms with E-state index in [1.54, 1.807) is 0 Å². The number of rotatable bonds is 8. The molecule has 0 aliphatic carbocycles. The summed E-state index contributed by atoms with van der Waals surface area (Å²) in [6, 6.07) is 0. The Morgan fingerprint density at radius 2 is 1.43 bits per heavy atom. The van der Waals surface area contributed by atoms with Gasteiger partial charge in [0.2, 0.25) is 0 Å². The van der Waals surface area contributed by atoms with E-state index in [0.29, 0.717) is 17.4 Å². The van der Waals surface area contributed by atoms with Gasteiger partial charge in [-0.05, 0) is 56.2 Å². The summed E-state index contributed by atoms with van der Waals surface area (Å²) in [6.45, 7) is 10.2. The summed E-state index contributed by atoms with van der Waals surface area (Å²) in [5.41, 5.74) is 3.37. The Kier molecular flexibility index (Phi) is 7.07. The molecule has 0 amide bonds. The van der Waals surface area contributed by atoms with Crippen LogP contribution in [0.4, 0.5) is 0 Å². The van der Waals surface area contributed by atoms with Crippen LogP contribution in [0, 0.1) is 26.7 Å². The van der Waals surface area contributed by atoms with E-state index in [9.17, 15) is 10.2 Å². The molecule has 1 aromatic carbocycles. The third-order valence-electron chi connectivity index (χ3n) is 4.80. The monoisotopic (exact) mass is 292 g/mol. The Morgan fingerprint density at radius 3 is 2.05 bits per heavy atom. The van der Waals surface area contributed by atoms with Gasteiger partial charge >= 0.3 is 0 Å². The van der Waals surface area contributed by atoms with Crippen molar-refractivity contribution in [2.24, 2.45) is 5.92 Å². The minimum Gasteiger partial charge on any atom is -0.507 e. The average Bonchev–Trinajstić information content (AvgIpc) is 2.47. The zero-order chi connectivity index (χ0) is 16.0. The summed E-state index contributed by atoms with van der Waals surface area (Å²) < 4.78 is 0. The van der Waals surface area contributed by atoms with Gasteiger partial charge in [0.15, 0.2) is 0 Å². The maximum atomic E-state index is 10.3. The first kappa shape index (κ1) is 17.9. The first-order valence-corrected chi connectivity index (χ1v) is 8.40. The highest BCUT2D eigenvalue weighted by molar-refractivity contribution is 5.56. The van der Waals surface area contributed by atoms with Gasteiger partial charge in [-0.2, -0.15) is 0 Å². The molecule has 0 saturated heterocycles. The third kappa shape index (κ3) is 4.66. The topological polar surface area (TPSA) is 40.5 Å². The molecule has 0 fully saturated rings. The van der Waals surface area contributed by atoms with Crippen molar-refractivity contribution >= 4 is 0 Å². The molecule has 0 aromatic heterocycles. The summed E-state index contributed by atoms with van der Waals surface area (Å²) in [7, 11) is 0. The summed E-state index contributed by atoms with van der Waals surface area (Å²) in [5, 5.41) is 20.5. The van der Waals surface area contributed by atoms with Crippen molar-refractivity contribution in [1.82, 2.24) is 0 Å². The predicted octanol–water partition coefficient (Wildman–Crippen LogP) is 5.56. The van der Waals surface area contributed by atoms with Crippen LogP contribution in [0.15, 0.2) is 0 Å². The van der Waals surface area contributed by atoms with Crippen LogP contribution in [-0.2, 0) is 6.42 Å². The fourth-order valence-corrected chi connectivity index (χ4v) is 2.94. The minimum atomic E-state index is 0.343. The van der Waals surface area contributed by atoms with E-state index in [2.05, 4.69) is 13.8 Å². The lowest BCUT2D eigenvalue weighted by Crippen LogP contribution is -2.01. The number of aromatic hydroxyl groups is 2. The number of hydrogen-bond donors (Lipinski definition) is 2. The largest absolute Gasteiger partial charge is 0.507 e. The van der Waals surface area contributed by atoms with E-state index < -0.39 is 0 Å². The molecule has 2 nitrogen and oxygen atoms in total. The molecule has 0 spiro atoms. The number of hydrogen-bond acceptors (Lipinski definition) is 2. The average molecular weight is 292 g/mol. The van der Waals surface area contributed by atoms with E-state index in [1.807, 2.05) is 20.8 Å². The maximum Gasteiger partial charge on any atom is 0.122 e. The Labute approximate surface area is 130 Å². The molecule has 1 aromatic rings. The first-order chi connectivity index (χ1) is 9.90. The van der Waals surface area contributed by atoms with Crippen molar-refractivity contribution < 1.29 is 10.2 Å². The second-order valence-electron chi connectivity index (χ2n) is 6.54. The highest BCUT2D eigenvalue weighted by Gasteiger charge is 2.16. The Morgan fingerprint density at radius 1 is 0.810 bits per heavy atom. The maximum absolute atomic E-state index is 10.3. The summed E-state index contributed by atoms with van der Waals surface area (Å²) >= 11 is 0. The van der Waals surface area contributed by atoms with E-state index in [0.717, 1.165) is 35.1 Å². The van der Waals surface area contributed by atoms with Gasteiger partial charge in [-0.25, -0.2) is 0 Å². The van der Waals surface area contributed by atoms with E-state index in [4.69, 9.17) is 0 Å². The van der Waals surface area contributed by atoms with Crippen LogP contribution < -0.4 is 0 Å². The van der Waals surface area contributed by atoms with E-state index in [1.165, 1.54) is 32.1 Å². The summed E-state index contributed by atoms with van der Waals surface area (Å²) in [6.07, 6.45) is 8.43. The second-order valence-corrected chi connectivity index (χ2v) is 6.54. The number of unbranched alkanes of at least 4 members (excludes halogenated alkanes) is 3. The molecular weight excluding hydrogens is 260 g/mol. The van der Waals surface area contributed by atoms with Gasteiger partial charge in [0.25, 0.3) is 0 Å². The second kappa shape index (κ2) is 8.31. The van der Waals surface area contributed by atoms with Crippen LogP contribution in [-0.4, -0.2) is 10.2 Å². The lowest BCUT2D eigenvalue weighted by Gasteiger charge is -2.17. The van der Waals surface area contributed by atoms with Gasteiger partial charge in [0.1, 0.15) is 11.5 Å². The van der Waals surface area contributed by atoms with Crippen molar-refractivity contribution in [2.45, 2.75) is 79.6 Å².